The van der Waals surface area contributed by atoms with E-state index in [0.717, 1.165) is 12.8 Å². The van der Waals surface area contributed by atoms with Gasteiger partial charge < -0.3 is 15.2 Å². The number of aliphatic hydroxyl groups is 1. The largest absolute Gasteiger partial charge is 0.397 e. The molecule has 2 aromatic heterocycles. The van der Waals surface area contributed by atoms with Crippen LogP contribution in [0, 0.1) is 0 Å². The highest BCUT2D eigenvalue weighted by Crippen LogP contribution is 2.33. The fourth-order valence-corrected chi connectivity index (χ4v) is 3.58. The second-order valence-electron chi connectivity index (χ2n) is 6.33. The number of ether oxygens (including phenoxy) is 1. The molecule has 146 valence electrons. The van der Waals surface area contributed by atoms with Crippen LogP contribution in [0.1, 0.15) is 44.5 Å². The number of aliphatic hydroxyl groups excluding tert-OH is 1. The van der Waals surface area contributed by atoms with Crippen molar-refractivity contribution in [1.29, 1.82) is 0 Å². The summed E-state index contributed by atoms with van der Waals surface area (Å²) in [6.07, 6.45) is 5.43. The molecular formula is C17H23N5O4S. The number of thioether (sulfide) groups is 1. The molecule has 2 fully saturated rings. The van der Waals surface area contributed by atoms with Crippen molar-refractivity contribution in [1.82, 2.24) is 24.8 Å². The molecule has 4 heterocycles. The molecule has 0 bridgehead atoms. The molecule has 2 aliphatic heterocycles. The molecule has 3 unspecified atom stereocenters. The lowest BCUT2D eigenvalue weighted by atomic mass is 10.0. The van der Waals surface area contributed by atoms with Gasteiger partial charge in [0.2, 0.25) is 5.91 Å². The number of fused-ring (bicyclic) bond motifs is 1. The van der Waals surface area contributed by atoms with Gasteiger partial charge in [-0.2, -0.15) is 0 Å². The third-order valence-electron chi connectivity index (χ3n) is 4.42. The summed E-state index contributed by atoms with van der Waals surface area (Å²) in [5, 5.41) is 10.7. The molecule has 3 atom stereocenters. The minimum absolute atomic E-state index is 0.0353. The molecule has 0 saturated carbocycles. The van der Waals surface area contributed by atoms with Gasteiger partial charge >= 0.3 is 0 Å². The van der Waals surface area contributed by atoms with Crippen molar-refractivity contribution in [3.63, 3.8) is 0 Å². The molecule has 2 aliphatic rings. The molecule has 0 radical (unpaired) electrons. The van der Waals surface area contributed by atoms with Crippen LogP contribution in [0.5, 0.6) is 0 Å². The Morgan fingerprint density at radius 3 is 2.67 bits per heavy atom. The number of amides is 1. The Hall–Kier alpha value is -2.04. The number of ketones is 1. The second kappa shape index (κ2) is 8.32. The zero-order valence-corrected chi connectivity index (χ0v) is 16.3. The number of aromatic nitrogens is 4. The van der Waals surface area contributed by atoms with Gasteiger partial charge in [0.15, 0.2) is 16.6 Å². The van der Waals surface area contributed by atoms with Gasteiger partial charge in [-0.15, -0.1) is 0 Å². The number of rotatable bonds is 3. The highest BCUT2D eigenvalue weighted by molar-refractivity contribution is 7.98. The van der Waals surface area contributed by atoms with Crippen LogP contribution >= 0.6 is 11.8 Å². The van der Waals surface area contributed by atoms with Crippen LogP contribution in [0.4, 0.5) is 0 Å². The highest BCUT2D eigenvalue weighted by atomic mass is 32.2. The van der Waals surface area contributed by atoms with E-state index in [1.807, 2.05) is 17.7 Å². The molecule has 2 N–H and O–H groups in total. The molecule has 0 aromatic carbocycles. The first-order chi connectivity index (χ1) is 13.0. The first-order valence-electron chi connectivity index (χ1n) is 8.85. The quantitative estimate of drug-likeness (QED) is 0.451. The summed E-state index contributed by atoms with van der Waals surface area (Å²) >= 11 is 1.37. The topological polar surface area (TPSA) is 119 Å². The van der Waals surface area contributed by atoms with E-state index >= 15 is 0 Å². The lowest BCUT2D eigenvalue weighted by molar-refractivity contribution is -0.124. The first kappa shape index (κ1) is 19.7. The summed E-state index contributed by atoms with van der Waals surface area (Å²) in [4.78, 5) is 37.5. The van der Waals surface area contributed by atoms with E-state index in [2.05, 4.69) is 20.3 Å². The number of hydrogen-bond acceptors (Lipinski definition) is 8. The molecule has 1 amide bonds. The van der Waals surface area contributed by atoms with Gasteiger partial charge in [0, 0.05) is 6.61 Å². The van der Waals surface area contributed by atoms with E-state index in [1.165, 1.54) is 11.8 Å². The fourth-order valence-electron chi connectivity index (χ4n) is 3.21. The van der Waals surface area contributed by atoms with Crippen LogP contribution in [0.25, 0.3) is 11.2 Å². The van der Waals surface area contributed by atoms with Crippen molar-refractivity contribution in [3.8, 4) is 0 Å². The van der Waals surface area contributed by atoms with Crippen LogP contribution in [-0.2, 0) is 14.3 Å². The van der Waals surface area contributed by atoms with E-state index in [1.54, 1.807) is 13.3 Å². The molecule has 27 heavy (non-hydrogen) atoms. The van der Waals surface area contributed by atoms with E-state index in [-0.39, 0.29) is 37.2 Å². The third kappa shape index (κ3) is 3.83. The van der Waals surface area contributed by atoms with Gasteiger partial charge in [0.25, 0.3) is 0 Å². The van der Waals surface area contributed by atoms with Crippen molar-refractivity contribution in [2.75, 3.05) is 19.4 Å². The number of carbonyl (C=O) groups excluding carboxylic acids is 2. The molecule has 4 rings (SSSR count). The maximum absolute atomic E-state index is 12.1. The Morgan fingerprint density at radius 1 is 1.37 bits per heavy atom. The maximum Gasteiger partial charge on any atom is 0.237 e. The average Bonchev–Trinajstić information content (AvgIpc) is 3.34. The van der Waals surface area contributed by atoms with E-state index in [4.69, 9.17) is 9.84 Å². The maximum atomic E-state index is 12.1. The number of imidazole rings is 1. The SMILES string of the molecule is CCO.CSc1nc(C2C(=O)CNC2=O)c2ncn(C3CCC(C)O3)c2n1. The summed E-state index contributed by atoms with van der Waals surface area (Å²) in [5.41, 5.74) is 1.48. The summed E-state index contributed by atoms with van der Waals surface area (Å²) in [5.74, 6) is -1.42. The highest BCUT2D eigenvalue weighted by Gasteiger charge is 2.38. The Morgan fingerprint density at radius 2 is 2.11 bits per heavy atom. The zero-order valence-electron chi connectivity index (χ0n) is 15.5. The monoisotopic (exact) mass is 393 g/mol. The number of nitrogens with zero attached hydrogens (tertiary/aromatic N) is 4. The predicted octanol–water partition coefficient (Wildman–Crippen LogP) is 1.03. The van der Waals surface area contributed by atoms with Gasteiger partial charge in [-0.3, -0.25) is 14.2 Å². The van der Waals surface area contributed by atoms with Crippen molar-refractivity contribution in [2.24, 2.45) is 0 Å². The van der Waals surface area contributed by atoms with Crippen LogP contribution in [0.15, 0.2) is 11.5 Å². The lowest BCUT2D eigenvalue weighted by Crippen LogP contribution is -2.20. The Labute approximate surface area is 160 Å². The van der Waals surface area contributed by atoms with Crippen molar-refractivity contribution >= 4 is 34.6 Å². The van der Waals surface area contributed by atoms with E-state index in [0.29, 0.717) is 22.0 Å². The van der Waals surface area contributed by atoms with Gasteiger partial charge in [-0.05, 0) is 32.9 Å². The fraction of sp³-hybridized carbons (Fsp3) is 0.588. The molecule has 0 spiro atoms. The molecule has 2 aromatic rings. The van der Waals surface area contributed by atoms with Gasteiger partial charge in [-0.1, -0.05) is 11.8 Å². The van der Waals surface area contributed by atoms with Crippen LogP contribution in [0.2, 0.25) is 0 Å². The van der Waals surface area contributed by atoms with E-state index < -0.39 is 5.92 Å². The summed E-state index contributed by atoms with van der Waals surface area (Å²) < 4.78 is 7.78. The summed E-state index contributed by atoms with van der Waals surface area (Å²) in [6, 6.07) is 0. The summed E-state index contributed by atoms with van der Waals surface area (Å²) in [7, 11) is 0. The smallest absolute Gasteiger partial charge is 0.237 e. The standard InChI is InChI=1S/C15H17N5O3S.C2H6O/c1-7-3-4-9(23-7)20-6-17-12-11(10-8(21)5-16-14(10)22)18-15(24-2)19-13(12)20;1-2-3/h6-7,9-10H,3-5H2,1-2H3,(H,16,22);3H,2H2,1H3. The second-order valence-corrected chi connectivity index (χ2v) is 7.11. The number of hydrogen-bond donors (Lipinski definition) is 2. The molecule has 0 aliphatic carbocycles. The Kier molecular flexibility index (Phi) is 6.08. The van der Waals surface area contributed by atoms with Crippen LogP contribution in [0.3, 0.4) is 0 Å². The predicted molar refractivity (Wildman–Crippen MR) is 99.4 cm³/mol. The minimum Gasteiger partial charge on any atom is -0.397 e. The molecule has 10 heteroatoms. The van der Waals surface area contributed by atoms with Crippen molar-refractivity contribution in [3.05, 3.63) is 12.0 Å². The van der Waals surface area contributed by atoms with Gasteiger partial charge in [0.1, 0.15) is 17.7 Å². The van der Waals surface area contributed by atoms with Crippen LogP contribution < -0.4 is 5.32 Å². The zero-order chi connectivity index (χ0) is 19.6. The Bertz CT molecular complexity index is 839. The average molecular weight is 393 g/mol. The van der Waals surface area contributed by atoms with E-state index in [9.17, 15) is 9.59 Å². The number of nitrogens with one attached hydrogen (secondary N) is 1. The third-order valence-corrected chi connectivity index (χ3v) is 4.97. The van der Waals surface area contributed by atoms with Crippen molar-refractivity contribution < 1.29 is 19.4 Å². The minimum atomic E-state index is -0.909. The number of Topliss-reactive ketones (excluding diaryl/α,β-unsaturated/α-hetero) is 1. The molecular weight excluding hydrogens is 370 g/mol. The molecule has 2 saturated heterocycles. The van der Waals surface area contributed by atoms with Crippen molar-refractivity contribution in [2.45, 2.75) is 50.1 Å². The first-order valence-corrected chi connectivity index (χ1v) is 10.1. The van der Waals surface area contributed by atoms with Crippen LogP contribution in [-0.4, -0.2) is 61.8 Å². The normalized spacial score (nSPS) is 24.8. The van der Waals surface area contributed by atoms with Gasteiger partial charge in [-0.25, -0.2) is 15.0 Å². The number of carbonyl (C=O) groups is 2. The lowest BCUT2D eigenvalue weighted by Gasteiger charge is -2.14. The summed E-state index contributed by atoms with van der Waals surface area (Å²) in [6.45, 7) is 4.00. The van der Waals surface area contributed by atoms with Gasteiger partial charge in [0.05, 0.1) is 24.7 Å². The Balaban J connectivity index is 0.000000659. The molecule has 9 nitrogen and oxygen atoms in total.